The summed E-state index contributed by atoms with van der Waals surface area (Å²) in [4.78, 5) is 26.3. The number of carbonyl (C=O) groups excluding carboxylic acids is 2. The second-order valence-corrected chi connectivity index (χ2v) is 6.18. The Balaban J connectivity index is 1.98. The number of likely N-dealkylation sites (tertiary alicyclic amines) is 1. The van der Waals surface area contributed by atoms with Gasteiger partial charge in [-0.2, -0.15) is 0 Å². The lowest BCUT2D eigenvalue weighted by molar-refractivity contribution is -0.135. The zero-order valence-electron chi connectivity index (χ0n) is 12.2. The molecule has 0 aromatic heterocycles. The topological polar surface area (TPSA) is 61.4 Å². The molecule has 1 saturated carbocycles. The normalized spacial score (nSPS) is 24.3. The van der Waals surface area contributed by atoms with Crippen molar-refractivity contribution in [2.24, 2.45) is 5.92 Å². The van der Waals surface area contributed by atoms with Crippen molar-refractivity contribution < 1.29 is 9.59 Å². The summed E-state index contributed by atoms with van der Waals surface area (Å²) in [6, 6.07) is -0.161. The first-order chi connectivity index (χ1) is 8.96. The van der Waals surface area contributed by atoms with Crippen LogP contribution in [0.25, 0.3) is 0 Å². The second-order valence-electron chi connectivity index (χ2n) is 6.18. The Morgan fingerprint density at radius 3 is 2.53 bits per heavy atom. The molecule has 2 aliphatic rings. The van der Waals surface area contributed by atoms with Crippen LogP contribution in [0.3, 0.4) is 0 Å². The molecule has 19 heavy (non-hydrogen) atoms. The van der Waals surface area contributed by atoms with Crippen molar-refractivity contribution >= 4 is 11.8 Å². The number of nitrogens with one attached hydrogen (secondary N) is 2. The number of hydrogen-bond acceptors (Lipinski definition) is 3. The van der Waals surface area contributed by atoms with Crippen LogP contribution in [0.15, 0.2) is 0 Å². The van der Waals surface area contributed by atoms with Crippen LogP contribution >= 0.6 is 0 Å². The first-order valence-electron chi connectivity index (χ1n) is 7.23. The molecule has 0 spiro atoms. The molecule has 5 heteroatoms. The van der Waals surface area contributed by atoms with Crippen molar-refractivity contribution in [1.82, 2.24) is 15.5 Å². The first-order valence-corrected chi connectivity index (χ1v) is 7.23. The summed E-state index contributed by atoms with van der Waals surface area (Å²) in [5.41, 5.74) is -0.632. The van der Waals surface area contributed by atoms with Gasteiger partial charge in [-0.25, -0.2) is 0 Å². The third-order valence-electron chi connectivity index (χ3n) is 4.32. The monoisotopic (exact) mass is 267 g/mol. The van der Waals surface area contributed by atoms with Crippen molar-refractivity contribution in [2.45, 2.75) is 51.1 Å². The average molecular weight is 267 g/mol. The molecule has 1 atom stereocenters. The van der Waals surface area contributed by atoms with Gasteiger partial charge in [0.25, 0.3) is 0 Å². The van der Waals surface area contributed by atoms with E-state index < -0.39 is 5.54 Å². The SMILES string of the molecule is CNC(=O)C(C)(C)N1CCC[C@H]1C(=O)NCC1CC1. The molecule has 2 amide bonds. The maximum Gasteiger partial charge on any atom is 0.239 e. The van der Waals surface area contributed by atoms with E-state index in [0.29, 0.717) is 5.92 Å². The molecule has 2 N–H and O–H groups in total. The summed E-state index contributed by atoms with van der Waals surface area (Å²) in [7, 11) is 1.64. The van der Waals surface area contributed by atoms with Crippen LogP contribution in [-0.4, -0.2) is 48.4 Å². The van der Waals surface area contributed by atoms with Crippen LogP contribution in [0.4, 0.5) is 0 Å². The highest BCUT2D eigenvalue weighted by Gasteiger charge is 2.43. The van der Waals surface area contributed by atoms with Crippen molar-refractivity contribution in [3.05, 3.63) is 0 Å². The molecule has 1 aliphatic carbocycles. The highest BCUT2D eigenvalue weighted by atomic mass is 16.2. The molecular formula is C14H25N3O2. The quantitative estimate of drug-likeness (QED) is 0.762. The third kappa shape index (κ3) is 3.08. The van der Waals surface area contributed by atoms with Gasteiger partial charge in [0.1, 0.15) is 0 Å². The molecule has 0 aromatic rings. The number of amides is 2. The molecule has 5 nitrogen and oxygen atoms in total. The van der Waals surface area contributed by atoms with E-state index in [-0.39, 0.29) is 17.9 Å². The lowest BCUT2D eigenvalue weighted by atomic mass is 10.00. The summed E-state index contributed by atoms with van der Waals surface area (Å²) in [5, 5.41) is 5.72. The van der Waals surface area contributed by atoms with Gasteiger partial charge in [-0.05, 0) is 45.4 Å². The van der Waals surface area contributed by atoms with E-state index in [1.165, 1.54) is 12.8 Å². The maximum absolute atomic E-state index is 12.3. The smallest absolute Gasteiger partial charge is 0.239 e. The van der Waals surface area contributed by atoms with Gasteiger partial charge in [0.15, 0.2) is 0 Å². The zero-order chi connectivity index (χ0) is 14.0. The van der Waals surface area contributed by atoms with Gasteiger partial charge in [0.2, 0.25) is 11.8 Å². The van der Waals surface area contributed by atoms with Gasteiger partial charge in [0.05, 0.1) is 11.6 Å². The molecule has 108 valence electrons. The van der Waals surface area contributed by atoms with Gasteiger partial charge >= 0.3 is 0 Å². The highest BCUT2D eigenvalue weighted by Crippen LogP contribution is 2.29. The Morgan fingerprint density at radius 1 is 1.26 bits per heavy atom. The Hall–Kier alpha value is -1.10. The second kappa shape index (κ2) is 5.49. The van der Waals surface area contributed by atoms with Crippen LogP contribution in [0.2, 0.25) is 0 Å². The number of carbonyl (C=O) groups is 2. The highest BCUT2D eigenvalue weighted by molar-refractivity contribution is 5.87. The average Bonchev–Trinajstić information content (AvgIpc) is 3.08. The Labute approximate surface area is 115 Å². The predicted octanol–water partition coefficient (Wildman–Crippen LogP) is 0.502. The van der Waals surface area contributed by atoms with Crippen molar-refractivity contribution in [3.63, 3.8) is 0 Å². The van der Waals surface area contributed by atoms with Crippen LogP contribution < -0.4 is 10.6 Å². The van der Waals surface area contributed by atoms with E-state index in [1.807, 2.05) is 18.7 Å². The van der Waals surface area contributed by atoms with Gasteiger partial charge in [0, 0.05) is 20.1 Å². The molecule has 1 saturated heterocycles. The first kappa shape index (κ1) is 14.3. The van der Waals surface area contributed by atoms with Gasteiger partial charge < -0.3 is 10.6 Å². The maximum atomic E-state index is 12.3. The standard InChI is InChI=1S/C14H25N3O2/c1-14(2,13(19)15-3)17-8-4-5-11(17)12(18)16-9-10-6-7-10/h10-11H,4-9H2,1-3H3,(H,15,19)(H,16,18)/t11-/m0/s1. The zero-order valence-corrected chi connectivity index (χ0v) is 12.2. The minimum absolute atomic E-state index is 0.0330. The van der Waals surface area contributed by atoms with Crippen molar-refractivity contribution in [3.8, 4) is 0 Å². The Kier molecular flexibility index (Phi) is 4.13. The number of likely N-dealkylation sites (N-methyl/N-ethyl adjacent to an activating group) is 1. The lowest BCUT2D eigenvalue weighted by Gasteiger charge is -2.37. The number of rotatable bonds is 5. The minimum atomic E-state index is -0.632. The lowest BCUT2D eigenvalue weighted by Crippen LogP contribution is -2.59. The van der Waals surface area contributed by atoms with E-state index in [4.69, 9.17) is 0 Å². The number of nitrogens with zero attached hydrogens (tertiary/aromatic N) is 1. The summed E-state index contributed by atoms with van der Waals surface area (Å²) >= 11 is 0. The van der Waals surface area contributed by atoms with E-state index in [1.54, 1.807) is 7.05 Å². The fraction of sp³-hybridized carbons (Fsp3) is 0.857. The van der Waals surface area contributed by atoms with Gasteiger partial charge in [-0.1, -0.05) is 0 Å². The van der Waals surface area contributed by atoms with E-state index in [2.05, 4.69) is 10.6 Å². The summed E-state index contributed by atoms with van der Waals surface area (Å²) < 4.78 is 0. The van der Waals surface area contributed by atoms with E-state index in [9.17, 15) is 9.59 Å². The fourth-order valence-corrected chi connectivity index (χ4v) is 2.83. The summed E-state index contributed by atoms with van der Waals surface area (Å²) in [6.45, 7) is 5.38. The molecule has 1 aliphatic heterocycles. The summed E-state index contributed by atoms with van der Waals surface area (Å²) in [5.74, 6) is 0.738. The molecule has 1 heterocycles. The van der Waals surface area contributed by atoms with Crippen molar-refractivity contribution in [1.29, 1.82) is 0 Å². The Morgan fingerprint density at radius 2 is 1.95 bits per heavy atom. The van der Waals surface area contributed by atoms with Crippen molar-refractivity contribution in [2.75, 3.05) is 20.1 Å². The third-order valence-corrected chi connectivity index (χ3v) is 4.32. The molecule has 2 rings (SSSR count). The fourth-order valence-electron chi connectivity index (χ4n) is 2.83. The molecule has 0 radical (unpaired) electrons. The molecule has 0 aromatic carbocycles. The Bertz CT molecular complexity index is 364. The van der Waals surface area contributed by atoms with Crippen LogP contribution in [0.5, 0.6) is 0 Å². The predicted molar refractivity (Wildman–Crippen MR) is 73.6 cm³/mol. The van der Waals surface area contributed by atoms with Crippen LogP contribution in [0.1, 0.15) is 39.5 Å². The van der Waals surface area contributed by atoms with E-state index in [0.717, 1.165) is 25.9 Å². The number of hydrogen-bond donors (Lipinski definition) is 2. The molecular weight excluding hydrogens is 242 g/mol. The van der Waals surface area contributed by atoms with Gasteiger partial charge in [-0.3, -0.25) is 14.5 Å². The molecule has 0 unspecified atom stereocenters. The largest absolute Gasteiger partial charge is 0.358 e. The van der Waals surface area contributed by atoms with Crippen LogP contribution in [-0.2, 0) is 9.59 Å². The van der Waals surface area contributed by atoms with Gasteiger partial charge in [-0.15, -0.1) is 0 Å². The minimum Gasteiger partial charge on any atom is -0.358 e. The van der Waals surface area contributed by atoms with E-state index >= 15 is 0 Å². The molecule has 0 bridgehead atoms. The summed E-state index contributed by atoms with van der Waals surface area (Å²) in [6.07, 6.45) is 4.29. The molecule has 2 fully saturated rings. The van der Waals surface area contributed by atoms with Crippen LogP contribution in [0, 0.1) is 5.92 Å².